The van der Waals surface area contributed by atoms with Gasteiger partial charge >= 0.3 is 12.1 Å². The first-order chi connectivity index (χ1) is 16.7. The van der Waals surface area contributed by atoms with Crippen molar-refractivity contribution < 1.29 is 31.8 Å². The van der Waals surface area contributed by atoms with Crippen molar-refractivity contribution in [1.82, 2.24) is 14.9 Å². The Morgan fingerprint density at radius 1 is 1.17 bits per heavy atom. The van der Waals surface area contributed by atoms with Gasteiger partial charge in [0.25, 0.3) is 0 Å². The summed E-state index contributed by atoms with van der Waals surface area (Å²) in [6, 6.07) is 4.12. The van der Waals surface area contributed by atoms with Gasteiger partial charge in [-0.1, -0.05) is 12.5 Å². The van der Waals surface area contributed by atoms with Gasteiger partial charge in [-0.15, -0.1) is 0 Å². The van der Waals surface area contributed by atoms with Crippen molar-refractivity contribution >= 4 is 5.97 Å². The molecular formula is C25H29F4N3O3. The molecule has 1 aromatic carbocycles. The Labute approximate surface area is 201 Å². The van der Waals surface area contributed by atoms with Crippen molar-refractivity contribution in [3.8, 4) is 17.1 Å². The van der Waals surface area contributed by atoms with E-state index in [0.29, 0.717) is 43.3 Å². The first-order valence-electron chi connectivity index (χ1n) is 11.9. The third-order valence-corrected chi connectivity index (χ3v) is 7.00. The van der Waals surface area contributed by atoms with E-state index in [-0.39, 0.29) is 37.5 Å². The van der Waals surface area contributed by atoms with Gasteiger partial charge in [0.2, 0.25) is 5.88 Å². The molecule has 0 bridgehead atoms. The molecule has 0 radical (unpaired) electrons. The highest BCUT2D eigenvalue weighted by molar-refractivity contribution is 5.90. The van der Waals surface area contributed by atoms with Gasteiger partial charge in [-0.25, -0.2) is 19.2 Å². The molecule has 1 saturated carbocycles. The molecule has 6 nitrogen and oxygen atoms in total. The Balaban J connectivity index is 1.26. The fourth-order valence-corrected chi connectivity index (χ4v) is 4.67. The highest BCUT2D eigenvalue weighted by atomic mass is 19.4. The summed E-state index contributed by atoms with van der Waals surface area (Å²) in [7, 11) is 0. The molecule has 2 heterocycles. The third-order valence-electron chi connectivity index (χ3n) is 7.00. The molecule has 2 aromatic rings. The number of likely N-dealkylation sites (tertiary alicyclic amines) is 1. The molecule has 0 amide bonds. The summed E-state index contributed by atoms with van der Waals surface area (Å²) in [5.74, 6) is -0.862. The lowest BCUT2D eigenvalue weighted by Gasteiger charge is -2.47. The van der Waals surface area contributed by atoms with Gasteiger partial charge in [0, 0.05) is 12.1 Å². The van der Waals surface area contributed by atoms with Crippen molar-refractivity contribution in [2.24, 2.45) is 11.3 Å². The summed E-state index contributed by atoms with van der Waals surface area (Å²) in [4.78, 5) is 22.2. The lowest BCUT2D eigenvalue weighted by atomic mass is 9.67. The maximum atomic E-state index is 14.3. The Bertz CT molecular complexity index is 1020. The second-order valence-corrected chi connectivity index (χ2v) is 9.32. The highest BCUT2D eigenvalue weighted by Crippen LogP contribution is 2.53. The molecule has 0 atom stereocenters. The Hall–Kier alpha value is -2.75. The van der Waals surface area contributed by atoms with Crippen LogP contribution in [0.5, 0.6) is 5.88 Å². The van der Waals surface area contributed by atoms with Gasteiger partial charge in [0.1, 0.15) is 5.82 Å². The van der Waals surface area contributed by atoms with Crippen LogP contribution in [0.25, 0.3) is 11.3 Å². The van der Waals surface area contributed by atoms with E-state index in [1.54, 1.807) is 13.0 Å². The van der Waals surface area contributed by atoms with Gasteiger partial charge in [-0.2, -0.15) is 13.2 Å². The molecule has 35 heavy (non-hydrogen) atoms. The molecule has 190 valence electrons. The van der Waals surface area contributed by atoms with Crippen molar-refractivity contribution in [3.63, 3.8) is 0 Å². The number of alkyl halides is 3. The predicted octanol–water partition coefficient (Wildman–Crippen LogP) is 5.28. The second kappa shape index (κ2) is 10.5. The molecule has 0 N–H and O–H groups in total. The SMILES string of the molecule is CCOC(=O)c1ccc(-c2cnc(OCC3CCN(CC4(C(F)(F)F)CCC4)CC3)cn2)cc1F. The fourth-order valence-electron chi connectivity index (χ4n) is 4.67. The van der Waals surface area contributed by atoms with Gasteiger partial charge in [-0.05, 0) is 63.7 Å². The molecule has 0 spiro atoms. The van der Waals surface area contributed by atoms with Crippen LogP contribution in [0, 0.1) is 17.2 Å². The number of ether oxygens (including phenoxy) is 2. The van der Waals surface area contributed by atoms with Gasteiger partial charge in [0.15, 0.2) is 0 Å². The van der Waals surface area contributed by atoms with E-state index in [2.05, 4.69) is 9.97 Å². The van der Waals surface area contributed by atoms with Crippen LogP contribution in [0.4, 0.5) is 17.6 Å². The van der Waals surface area contributed by atoms with Crippen LogP contribution in [0.1, 0.15) is 49.4 Å². The summed E-state index contributed by atoms with van der Waals surface area (Å²) in [5.41, 5.74) is -0.772. The number of carbonyl (C=O) groups excluding carboxylic acids is 1. The molecular weight excluding hydrogens is 466 g/mol. The minimum Gasteiger partial charge on any atom is -0.476 e. The summed E-state index contributed by atoms with van der Waals surface area (Å²) in [6.07, 6.45) is 1.43. The summed E-state index contributed by atoms with van der Waals surface area (Å²) in [5, 5.41) is 0. The first kappa shape index (κ1) is 25.3. The number of rotatable bonds is 8. The zero-order chi connectivity index (χ0) is 25.1. The van der Waals surface area contributed by atoms with Crippen LogP contribution in [0.3, 0.4) is 0 Å². The van der Waals surface area contributed by atoms with E-state index in [1.807, 2.05) is 4.90 Å². The fraction of sp³-hybridized carbons (Fsp3) is 0.560. The number of hydrogen-bond acceptors (Lipinski definition) is 6. The highest BCUT2D eigenvalue weighted by Gasteiger charge is 2.58. The van der Waals surface area contributed by atoms with Crippen LogP contribution in [0.2, 0.25) is 0 Å². The monoisotopic (exact) mass is 495 g/mol. The number of piperidine rings is 1. The van der Waals surface area contributed by atoms with Crippen molar-refractivity contribution in [2.75, 3.05) is 32.8 Å². The number of benzene rings is 1. The van der Waals surface area contributed by atoms with Gasteiger partial charge < -0.3 is 14.4 Å². The number of aromatic nitrogens is 2. The minimum atomic E-state index is -4.13. The summed E-state index contributed by atoms with van der Waals surface area (Å²) >= 11 is 0. The average molecular weight is 496 g/mol. The number of esters is 1. The van der Waals surface area contributed by atoms with Crippen molar-refractivity contribution in [3.05, 3.63) is 42.0 Å². The van der Waals surface area contributed by atoms with E-state index >= 15 is 0 Å². The average Bonchev–Trinajstić information content (AvgIpc) is 2.80. The van der Waals surface area contributed by atoms with Crippen LogP contribution >= 0.6 is 0 Å². The molecule has 1 aliphatic carbocycles. The number of halogens is 4. The standard InChI is InChI=1S/C25H29F4N3O3/c1-2-34-23(33)19-5-4-18(12-20(19)26)21-13-31-22(14-30-21)35-15-17-6-10-32(11-7-17)16-24(8-3-9-24)25(27,28)29/h4-5,12-14,17H,2-3,6-11,15-16H2,1H3. The van der Waals surface area contributed by atoms with Gasteiger partial charge in [0.05, 0.1) is 42.3 Å². The Morgan fingerprint density at radius 3 is 2.46 bits per heavy atom. The van der Waals surface area contributed by atoms with Crippen LogP contribution in [-0.4, -0.2) is 59.9 Å². The van der Waals surface area contributed by atoms with E-state index in [0.717, 1.165) is 12.8 Å². The zero-order valence-corrected chi connectivity index (χ0v) is 19.6. The molecule has 10 heteroatoms. The smallest absolute Gasteiger partial charge is 0.395 e. The largest absolute Gasteiger partial charge is 0.476 e. The first-order valence-corrected chi connectivity index (χ1v) is 11.9. The lowest BCUT2D eigenvalue weighted by molar-refractivity contribution is -0.256. The van der Waals surface area contributed by atoms with Gasteiger partial charge in [-0.3, -0.25) is 0 Å². The molecule has 1 aliphatic heterocycles. The second-order valence-electron chi connectivity index (χ2n) is 9.32. The normalized spacial score (nSPS) is 18.7. The Kier molecular flexibility index (Phi) is 7.59. The van der Waals surface area contributed by atoms with Crippen LogP contribution in [-0.2, 0) is 4.74 Å². The van der Waals surface area contributed by atoms with E-state index in [1.165, 1.54) is 24.5 Å². The summed E-state index contributed by atoms with van der Waals surface area (Å²) in [6.45, 7) is 3.57. The van der Waals surface area contributed by atoms with Crippen LogP contribution < -0.4 is 4.74 Å². The topological polar surface area (TPSA) is 64.6 Å². The minimum absolute atomic E-state index is 0.0956. The predicted molar refractivity (Wildman–Crippen MR) is 120 cm³/mol. The zero-order valence-electron chi connectivity index (χ0n) is 19.6. The van der Waals surface area contributed by atoms with Crippen molar-refractivity contribution in [2.45, 2.75) is 45.2 Å². The lowest BCUT2D eigenvalue weighted by Crippen LogP contribution is -2.53. The third kappa shape index (κ3) is 5.74. The molecule has 2 aliphatic rings. The maximum Gasteiger partial charge on any atom is 0.395 e. The maximum absolute atomic E-state index is 14.3. The van der Waals surface area contributed by atoms with Crippen LogP contribution in [0.15, 0.2) is 30.6 Å². The molecule has 0 unspecified atom stereocenters. The summed E-state index contributed by atoms with van der Waals surface area (Å²) < 4.78 is 65.2. The quantitative estimate of drug-likeness (QED) is 0.367. The van der Waals surface area contributed by atoms with E-state index < -0.39 is 23.4 Å². The molecule has 2 fully saturated rings. The van der Waals surface area contributed by atoms with E-state index in [9.17, 15) is 22.4 Å². The molecule has 1 aromatic heterocycles. The van der Waals surface area contributed by atoms with Crippen molar-refractivity contribution in [1.29, 1.82) is 0 Å². The molecule has 4 rings (SSSR count). The number of hydrogen-bond donors (Lipinski definition) is 0. The number of carbonyl (C=O) groups is 1. The Morgan fingerprint density at radius 2 is 1.91 bits per heavy atom. The van der Waals surface area contributed by atoms with E-state index in [4.69, 9.17) is 9.47 Å². The molecule has 1 saturated heterocycles. The number of nitrogens with zero attached hydrogens (tertiary/aromatic N) is 3.